The summed E-state index contributed by atoms with van der Waals surface area (Å²) in [5.41, 5.74) is 9.15. The van der Waals surface area contributed by atoms with Crippen molar-refractivity contribution in [3.05, 3.63) is 35.5 Å². The first-order valence-corrected chi connectivity index (χ1v) is 6.32. The largest absolute Gasteiger partial charge is 0.381 e. The van der Waals surface area contributed by atoms with Crippen LogP contribution in [0.15, 0.2) is 24.3 Å². The van der Waals surface area contributed by atoms with Crippen molar-refractivity contribution in [2.24, 2.45) is 0 Å². The Morgan fingerprint density at radius 2 is 1.61 bits per heavy atom. The maximum absolute atomic E-state index is 5.86. The molecule has 0 spiro atoms. The maximum Gasteiger partial charge on any atom is 0.169 e. The van der Waals surface area contributed by atoms with Crippen LogP contribution in [-0.4, -0.2) is 15.0 Å². The summed E-state index contributed by atoms with van der Waals surface area (Å²) < 4.78 is 1.82. The molecule has 0 amide bonds. The van der Waals surface area contributed by atoms with Crippen molar-refractivity contribution in [3.8, 4) is 5.69 Å². The van der Waals surface area contributed by atoms with Crippen molar-refractivity contribution in [3.63, 3.8) is 0 Å². The molecule has 18 heavy (non-hydrogen) atoms. The van der Waals surface area contributed by atoms with Crippen LogP contribution in [0.5, 0.6) is 0 Å². The van der Waals surface area contributed by atoms with E-state index in [0.717, 1.165) is 11.4 Å². The van der Waals surface area contributed by atoms with Gasteiger partial charge >= 0.3 is 0 Å². The second-order valence-electron chi connectivity index (χ2n) is 5.17. The first-order chi connectivity index (χ1) is 8.50. The summed E-state index contributed by atoms with van der Waals surface area (Å²) >= 11 is 0. The van der Waals surface area contributed by atoms with Gasteiger partial charge in [-0.05, 0) is 29.5 Å². The minimum absolute atomic E-state index is 0.296. The predicted octanol–water partition coefficient (Wildman–Crippen LogP) is 3.10. The molecule has 0 radical (unpaired) electrons. The number of aromatic nitrogens is 3. The maximum atomic E-state index is 5.86. The third-order valence-corrected chi connectivity index (χ3v) is 3.08. The molecule has 0 saturated heterocycles. The Hall–Kier alpha value is -1.84. The van der Waals surface area contributed by atoms with Crippen molar-refractivity contribution in [2.45, 2.75) is 39.5 Å². The van der Waals surface area contributed by atoms with E-state index in [9.17, 15) is 0 Å². The second-order valence-corrected chi connectivity index (χ2v) is 5.17. The van der Waals surface area contributed by atoms with Gasteiger partial charge in [0, 0.05) is 0 Å². The minimum Gasteiger partial charge on any atom is -0.381 e. The zero-order chi connectivity index (χ0) is 13.3. The average molecular weight is 244 g/mol. The van der Waals surface area contributed by atoms with E-state index in [-0.39, 0.29) is 0 Å². The van der Waals surface area contributed by atoms with Crippen molar-refractivity contribution in [2.75, 3.05) is 5.73 Å². The van der Waals surface area contributed by atoms with E-state index in [1.165, 1.54) is 5.56 Å². The van der Waals surface area contributed by atoms with Crippen molar-refractivity contribution in [1.82, 2.24) is 15.0 Å². The molecule has 2 N–H and O–H groups in total. The lowest BCUT2D eigenvalue weighted by Crippen LogP contribution is -2.05. The third-order valence-electron chi connectivity index (χ3n) is 3.08. The summed E-state index contributed by atoms with van der Waals surface area (Å²) in [7, 11) is 0. The zero-order valence-corrected chi connectivity index (χ0v) is 11.4. The van der Waals surface area contributed by atoms with E-state index >= 15 is 0 Å². The van der Waals surface area contributed by atoms with Gasteiger partial charge in [-0.2, -0.15) is 0 Å². The molecule has 1 aromatic heterocycles. The normalized spacial score (nSPS) is 11.4. The number of hydrogen-bond donors (Lipinski definition) is 1. The molecule has 4 heteroatoms. The van der Waals surface area contributed by atoms with Crippen LogP contribution in [0.25, 0.3) is 5.69 Å². The Morgan fingerprint density at radius 3 is 2.11 bits per heavy atom. The van der Waals surface area contributed by atoms with Crippen molar-refractivity contribution < 1.29 is 0 Å². The first-order valence-electron chi connectivity index (χ1n) is 6.32. The summed E-state index contributed by atoms with van der Waals surface area (Å²) in [6.45, 7) is 8.55. The quantitative estimate of drug-likeness (QED) is 0.902. The molecule has 96 valence electrons. The topological polar surface area (TPSA) is 56.7 Å². The van der Waals surface area contributed by atoms with Gasteiger partial charge in [0.05, 0.1) is 11.4 Å². The Balaban J connectivity index is 2.43. The molecule has 0 saturated carbocycles. The number of benzene rings is 1. The van der Waals surface area contributed by atoms with Crippen molar-refractivity contribution in [1.29, 1.82) is 0 Å². The summed E-state index contributed by atoms with van der Waals surface area (Å²) in [6.07, 6.45) is 0. The van der Waals surface area contributed by atoms with Crippen LogP contribution in [0.1, 0.15) is 50.8 Å². The highest BCUT2D eigenvalue weighted by Crippen LogP contribution is 2.23. The SMILES string of the molecule is CC(C)c1ccc(-n2nnc(N)c2C(C)C)cc1. The number of rotatable bonds is 3. The van der Waals surface area contributed by atoms with E-state index in [2.05, 4.69) is 62.3 Å². The fourth-order valence-electron chi connectivity index (χ4n) is 2.03. The molecule has 2 aromatic rings. The molecular formula is C14H20N4. The zero-order valence-electron chi connectivity index (χ0n) is 11.4. The lowest BCUT2D eigenvalue weighted by Gasteiger charge is -2.11. The van der Waals surface area contributed by atoms with Gasteiger partial charge < -0.3 is 5.73 Å². The van der Waals surface area contributed by atoms with E-state index < -0.39 is 0 Å². The highest BCUT2D eigenvalue weighted by molar-refractivity contribution is 5.43. The molecule has 0 atom stereocenters. The van der Waals surface area contributed by atoms with Crippen LogP contribution in [-0.2, 0) is 0 Å². The molecule has 0 aliphatic rings. The highest BCUT2D eigenvalue weighted by Gasteiger charge is 2.15. The summed E-state index contributed by atoms with van der Waals surface area (Å²) in [5, 5.41) is 8.09. The molecule has 2 rings (SSSR count). The summed E-state index contributed by atoms with van der Waals surface area (Å²) in [5.74, 6) is 1.34. The second kappa shape index (κ2) is 4.80. The molecule has 0 bridgehead atoms. The van der Waals surface area contributed by atoms with Gasteiger partial charge in [-0.25, -0.2) is 4.68 Å². The van der Waals surface area contributed by atoms with Gasteiger partial charge in [-0.15, -0.1) is 5.10 Å². The van der Waals surface area contributed by atoms with Crippen molar-refractivity contribution >= 4 is 5.82 Å². The lowest BCUT2D eigenvalue weighted by atomic mass is 10.0. The summed E-state index contributed by atoms with van der Waals surface area (Å²) in [4.78, 5) is 0. The summed E-state index contributed by atoms with van der Waals surface area (Å²) in [6, 6.07) is 8.38. The van der Waals surface area contributed by atoms with E-state index in [1.807, 2.05) is 4.68 Å². The first kappa shape index (κ1) is 12.6. The number of anilines is 1. The standard InChI is InChI=1S/C14H20N4/c1-9(2)11-5-7-12(8-6-11)18-13(10(3)4)14(15)16-17-18/h5-10H,15H2,1-4H3. The van der Waals surface area contributed by atoms with Crippen LogP contribution < -0.4 is 5.73 Å². The van der Waals surface area contributed by atoms with E-state index in [4.69, 9.17) is 5.73 Å². The van der Waals surface area contributed by atoms with E-state index in [1.54, 1.807) is 0 Å². The Kier molecular flexibility index (Phi) is 3.36. The smallest absolute Gasteiger partial charge is 0.169 e. The number of nitrogen functional groups attached to an aromatic ring is 1. The fourth-order valence-corrected chi connectivity index (χ4v) is 2.03. The lowest BCUT2D eigenvalue weighted by molar-refractivity contribution is 0.715. The monoisotopic (exact) mass is 244 g/mol. The molecule has 4 nitrogen and oxygen atoms in total. The van der Waals surface area contributed by atoms with Gasteiger partial charge in [0.1, 0.15) is 0 Å². The number of nitrogens with two attached hydrogens (primary N) is 1. The van der Waals surface area contributed by atoms with E-state index in [0.29, 0.717) is 17.7 Å². The molecular weight excluding hydrogens is 224 g/mol. The van der Waals surface area contributed by atoms with Gasteiger partial charge in [-0.3, -0.25) is 0 Å². The Bertz CT molecular complexity index is 523. The Morgan fingerprint density at radius 1 is 1.00 bits per heavy atom. The van der Waals surface area contributed by atoms with Crippen LogP contribution in [0.4, 0.5) is 5.82 Å². The Labute approximate surface area is 108 Å². The van der Waals surface area contributed by atoms with Crippen LogP contribution in [0, 0.1) is 0 Å². The highest BCUT2D eigenvalue weighted by atomic mass is 15.4. The molecule has 0 fully saturated rings. The minimum atomic E-state index is 0.296. The van der Waals surface area contributed by atoms with Crippen LogP contribution in [0.3, 0.4) is 0 Å². The fraction of sp³-hybridized carbons (Fsp3) is 0.429. The number of hydrogen-bond acceptors (Lipinski definition) is 3. The molecule has 0 unspecified atom stereocenters. The molecule has 1 aromatic carbocycles. The molecule has 0 aliphatic carbocycles. The van der Waals surface area contributed by atoms with Crippen LogP contribution in [0.2, 0.25) is 0 Å². The van der Waals surface area contributed by atoms with Gasteiger partial charge in [0.15, 0.2) is 5.82 Å². The third kappa shape index (κ3) is 2.23. The van der Waals surface area contributed by atoms with Gasteiger partial charge in [-0.1, -0.05) is 45.0 Å². The molecule has 0 aliphatic heterocycles. The van der Waals surface area contributed by atoms with Gasteiger partial charge in [0.25, 0.3) is 0 Å². The van der Waals surface area contributed by atoms with Crippen LogP contribution >= 0.6 is 0 Å². The predicted molar refractivity (Wildman–Crippen MR) is 73.9 cm³/mol. The molecule has 1 heterocycles. The van der Waals surface area contributed by atoms with Gasteiger partial charge in [0.2, 0.25) is 0 Å². The number of nitrogens with zero attached hydrogens (tertiary/aromatic N) is 3. The average Bonchev–Trinajstić information content (AvgIpc) is 2.71.